The van der Waals surface area contributed by atoms with Crippen molar-refractivity contribution < 1.29 is 13.2 Å². The molecule has 2 aromatic carbocycles. The summed E-state index contributed by atoms with van der Waals surface area (Å²) in [4.78, 5) is 4.80. The van der Waals surface area contributed by atoms with Crippen LogP contribution >= 0.6 is 0 Å². The highest BCUT2D eigenvalue weighted by molar-refractivity contribution is 7.90. The van der Waals surface area contributed by atoms with E-state index in [0.29, 0.717) is 11.3 Å². The van der Waals surface area contributed by atoms with Crippen LogP contribution in [0, 0.1) is 6.92 Å². The van der Waals surface area contributed by atoms with Crippen LogP contribution in [0.25, 0.3) is 10.9 Å². The van der Waals surface area contributed by atoms with Gasteiger partial charge in [-0.05, 0) is 56.7 Å². The second-order valence-corrected chi connectivity index (χ2v) is 8.33. The molecule has 5 heteroatoms. The molecule has 0 amide bonds. The zero-order chi connectivity index (χ0) is 18.0. The number of hydrogen-bond acceptors (Lipinski definition) is 4. The van der Waals surface area contributed by atoms with Gasteiger partial charge in [0.15, 0.2) is 9.84 Å². The van der Waals surface area contributed by atoms with Gasteiger partial charge in [0, 0.05) is 11.1 Å². The van der Waals surface area contributed by atoms with Gasteiger partial charge < -0.3 is 4.74 Å². The van der Waals surface area contributed by atoms with E-state index < -0.39 is 9.84 Å². The molecule has 4 nitrogen and oxygen atoms in total. The summed E-state index contributed by atoms with van der Waals surface area (Å²) < 4.78 is 31.2. The number of rotatable bonds is 5. The van der Waals surface area contributed by atoms with Crippen LogP contribution in [-0.2, 0) is 15.6 Å². The molecule has 0 fully saturated rings. The predicted molar refractivity (Wildman–Crippen MR) is 99.6 cm³/mol. The largest absolute Gasteiger partial charge is 0.491 e. The molecule has 0 aliphatic rings. The van der Waals surface area contributed by atoms with Crippen LogP contribution in [0.1, 0.15) is 25.1 Å². The Balaban J connectivity index is 1.93. The number of aryl methyl sites for hydroxylation is 1. The molecule has 0 N–H and O–H groups in total. The Bertz CT molecular complexity index is 993. The monoisotopic (exact) mass is 355 g/mol. The number of ether oxygens (including phenoxy) is 1. The van der Waals surface area contributed by atoms with Crippen LogP contribution in [-0.4, -0.2) is 19.5 Å². The average Bonchev–Trinajstić information content (AvgIpc) is 2.55. The summed E-state index contributed by atoms with van der Waals surface area (Å²) in [6.45, 7) is 5.76. The number of pyridine rings is 1. The van der Waals surface area contributed by atoms with Gasteiger partial charge in [0.2, 0.25) is 0 Å². The van der Waals surface area contributed by atoms with Crippen LogP contribution < -0.4 is 4.74 Å². The number of hydrogen-bond donors (Lipinski definition) is 0. The van der Waals surface area contributed by atoms with Crippen LogP contribution in [0.4, 0.5) is 0 Å². The molecule has 0 bridgehead atoms. The smallest absolute Gasteiger partial charge is 0.182 e. The predicted octanol–water partition coefficient (Wildman–Crippen LogP) is 4.30. The molecule has 3 aromatic rings. The van der Waals surface area contributed by atoms with Crippen LogP contribution in [0.3, 0.4) is 0 Å². The number of aromatic nitrogens is 1. The van der Waals surface area contributed by atoms with Gasteiger partial charge in [0.25, 0.3) is 0 Å². The second kappa shape index (κ2) is 6.84. The third-order valence-corrected chi connectivity index (χ3v) is 5.52. The molecule has 0 spiro atoms. The highest BCUT2D eigenvalue weighted by atomic mass is 32.2. The summed E-state index contributed by atoms with van der Waals surface area (Å²) in [5, 5.41) is 0.944. The summed E-state index contributed by atoms with van der Waals surface area (Å²) in [5.41, 5.74) is 2.32. The fraction of sp³-hybridized carbons (Fsp3) is 0.250. The third-order valence-electron chi connectivity index (χ3n) is 3.84. The molecule has 0 radical (unpaired) electrons. The molecule has 3 rings (SSSR count). The Morgan fingerprint density at radius 2 is 1.72 bits per heavy atom. The van der Waals surface area contributed by atoms with Crippen molar-refractivity contribution in [3.8, 4) is 5.75 Å². The van der Waals surface area contributed by atoms with Crippen LogP contribution in [0.15, 0.2) is 59.5 Å². The maximum Gasteiger partial charge on any atom is 0.182 e. The molecule has 25 heavy (non-hydrogen) atoms. The molecular weight excluding hydrogens is 334 g/mol. The van der Waals surface area contributed by atoms with Crippen molar-refractivity contribution in [1.29, 1.82) is 0 Å². The quantitative estimate of drug-likeness (QED) is 0.684. The van der Waals surface area contributed by atoms with E-state index in [1.54, 1.807) is 24.3 Å². The zero-order valence-corrected chi connectivity index (χ0v) is 15.4. The van der Waals surface area contributed by atoms with Gasteiger partial charge in [0.1, 0.15) is 5.75 Å². The summed E-state index contributed by atoms with van der Waals surface area (Å²) in [6, 6.07) is 16.1. The van der Waals surface area contributed by atoms with E-state index in [1.807, 2.05) is 51.1 Å². The molecule has 0 aliphatic heterocycles. The van der Waals surface area contributed by atoms with Crippen molar-refractivity contribution in [1.82, 2.24) is 4.98 Å². The summed E-state index contributed by atoms with van der Waals surface area (Å²) in [6.07, 6.45) is 0.0486. The van der Waals surface area contributed by atoms with Crippen molar-refractivity contribution in [3.05, 3.63) is 65.9 Å². The molecule has 1 heterocycles. The Kier molecular flexibility index (Phi) is 4.77. The number of fused-ring (bicyclic) bond motifs is 1. The fourth-order valence-electron chi connectivity index (χ4n) is 2.71. The van der Waals surface area contributed by atoms with Crippen molar-refractivity contribution in [2.45, 2.75) is 37.5 Å². The van der Waals surface area contributed by atoms with Crippen LogP contribution in [0.5, 0.6) is 5.75 Å². The van der Waals surface area contributed by atoms with E-state index in [1.165, 1.54) is 0 Å². The normalized spacial score (nSPS) is 11.8. The minimum absolute atomic E-state index is 0.0486. The van der Waals surface area contributed by atoms with Gasteiger partial charge in [-0.1, -0.05) is 24.3 Å². The van der Waals surface area contributed by atoms with E-state index in [-0.39, 0.29) is 16.8 Å². The number of sulfone groups is 1. The molecule has 1 aromatic heterocycles. The molecule has 0 aliphatic carbocycles. The first-order valence-corrected chi connectivity index (χ1v) is 9.85. The van der Waals surface area contributed by atoms with E-state index >= 15 is 0 Å². The molecule has 130 valence electrons. The standard InChI is InChI=1S/C20H21NO3S/c1-14(2)24-18-9-11-19(12-10-18)25(22,23)13-17-6-4-5-16-8-7-15(3)21-20(16)17/h4-12,14H,13H2,1-3H3. The molecule has 0 saturated carbocycles. The third kappa shape index (κ3) is 3.99. The molecule has 0 unspecified atom stereocenters. The van der Waals surface area contributed by atoms with E-state index in [2.05, 4.69) is 4.98 Å². The average molecular weight is 355 g/mol. The van der Waals surface area contributed by atoms with Crippen molar-refractivity contribution >= 4 is 20.7 Å². The van der Waals surface area contributed by atoms with Gasteiger partial charge >= 0.3 is 0 Å². The van der Waals surface area contributed by atoms with Gasteiger partial charge in [-0.15, -0.1) is 0 Å². The van der Waals surface area contributed by atoms with Gasteiger partial charge in [0.05, 0.1) is 22.3 Å². The Morgan fingerprint density at radius 1 is 1.00 bits per heavy atom. The molecule has 0 saturated heterocycles. The van der Waals surface area contributed by atoms with Crippen molar-refractivity contribution in [2.75, 3.05) is 0 Å². The lowest BCUT2D eigenvalue weighted by molar-refractivity contribution is 0.242. The molecule has 0 atom stereocenters. The SMILES string of the molecule is Cc1ccc2cccc(CS(=O)(=O)c3ccc(OC(C)C)cc3)c2n1. The van der Waals surface area contributed by atoms with Gasteiger partial charge in [-0.2, -0.15) is 0 Å². The minimum Gasteiger partial charge on any atom is -0.491 e. The Morgan fingerprint density at radius 3 is 2.40 bits per heavy atom. The summed E-state index contributed by atoms with van der Waals surface area (Å²) in [7, 11) is -3.46. The lowest BCUT2D eigenvalue weighted by Gasteiger charge is -2.11. The van der Waals surface area contributed by atoms with Crippen molar-refractivity contribution in [2.24, 2.45) is 0 Å². The van der Waals surface area contributed by atoms with Crippen LogP contribution in [0.2, 0.25) is 0 Å². The first-order chi connectivity index (χ1) is 11.8. The first kappa shape index (κ1) is 17.4. The topological polar surface area (TPSA) is 56.3 Å². The summed E-state index contributed by atoms with van der Waals surface area (Å²) in [5.74, 6) is 0.585. The summed E-state index contributed by atoms with van der Waals surface area (Å²) >= 11 is 0. The maximum absolute atomic E-state index is 12.8. The van der Waals surface area contributed by atoms with Gasteiger partial charge in [-0.25, -0.2) is 8.42 Å². The maximum atomic E-state index is 12.8. The first-order valence-electron chi connectivity index (χ1n) is 8.20. The number of nitrogens with zero attached hydrogens (tertiary/aromatic N) is 1. The van der Waals surface area contributed by atoms with E-state index in [4.69, 9.17) is 4.74 Å². The zero-order valence-electron chi connectivity index (χ0n) is 14.6. The fourth-order valence-corrected chi connectivity index (χ4v) is 4.07. The van der Waals surface area contributed by atoms with E-state index in [0.717, 1.165) is 16.6 Å². The second-order valence-electron chi connectivity index (χ2n) is 6.34. The van der Waals surface area contributed by atoms with E-state index in [9.17, 15) is 8.42 Å². The highest BCUT2D eigenvalue weighted by Crippen LogP contribution is 2.24. The number of para-hydroxylation sites is 1. The highest BCUT2D eigenvalue weighted by Gasteiger charge is 2.17. The Hall–Kier alpha value is -2.40. The molecular formula is C20H21NO3S. The minimum atomic E-state index is -3.46. The number of benzene rings is 2. The Labute approximate surface area is 148 Å². The lowest BCUT2D eigenvalue weighted by Crippen LogP contribution is -2.07. The lowest BCUT2D eigenvalue weighted by atomic mass is 10.1. The van der Waals surface area contributed by atoms with Crippen molar-refractivity contribution in [3.63, 3.8) is 0 Å². The van der Waals surface area contributed by atoms with Gasteiger partial charge in [-0.3, -0.25) is 4.98 Å².